The van der Waals surface area contributed by atoms with Crippen LogP contribution in [-0.2, 0) is 130 Å². The van der Waals surface area contributed by atoms with Gasteiger partial charge >= 0.3 is 121 Å². The number of epoxide rings is 2. The molecule has 114 heavy (non-hydrogen) atoms. The van der Waals surface area contributed by atoms with E-state index in [0.717, 1.165) is 22.3 Å². The molecule has 4 aromatic carbocycles. The Hall–Kier alpha value is -1.63. The number of carboxylic acids is 1. The predicted molar refractivity (Wildman–Crippen MR) is 478 cm³/mol. The molecule has 4 aromatic rings. The predicted octanol–water partition coefficient (Wildman–Crippen LogP) is 10.0. The number of halogens is 6. The molecule has 1 radical (unpaired) electrons. The molecule has 0 bridgehead atoms. The van der Waals surface area contributed by atoms with Crippen LogP contribution in [0.3, 0.4) is 0 Å². The van der Waals surface area contributed by atoms with Gasteiger partial charge in [0.1, 0.15) is 28.8 Å². The van der Waals surface area contributed by atoms with Crippen LogP contribution in [0, 0.1) is 47.3 Å². The van der Waals surface area contributed by atoms with Crippen LogP contribution in [0.15, 0.2) is 121 Å². The molecule has 7 N–H and O–H groups in total. The number of nitrogens with zero attached hydrogens (tertiary/aromatic N) is 2. The molecular weight excluding hydrogens is 2250 g/mol. The second kappa shape index (κ2) is 58.4. The molecule has 8 rings (SSSR count). The van der Waals surface area contributed by atoms with E-state index >= 15 is 0 Å². The smallest absolute Gasteiger partial charge is 0 e. The summed E-state index contributed by atoms with van der Waals surface area (Å²) in [6.45, 7) is 26.1. The zero-order chi connectivity index (χ0) is 83.6. The first-order valence-corrected chi connectivity index (χ1v) is 65.2. The van der Waals surface area contributed by atoms with E-state index in [1.807, 2.05) is 182 Å². The first-order chi connectivity index (χ1) is 53.7. The summed E-state index contributed by atoms with van der Waals surface area (Å²) in [5.41, 5.74) is 8.29. The number of benzene rings is 4. The number of Topliss-reactive ketones (excluding diaryl/α,β-unsaturated/α-hetero) is 5. The van der Waals surface area contributed by atoms with Crippen LogP contribution >= 0.6 is 97.2 Å². The average Bonchev–Trinajstić information content (AvgIpc) is 1.65. The summed E-state index contributed by atoms with van der Waals surface area (Å²) in [4.78, 5) is 135. The summed E-state index contributed by atoms with van der Waals surface area (Å²) in [6.07, 6.45) is 4.98. The van der Waals surface area contributed by atoms with Crippen LogP contribution in [0.2, 0.25) is 0 Å². The van der Waals surface area contributed by atoms with Crippen LogP contribution in [0.1, 0.15) is 149 Å². The Kier molecular flexibility index (Phi) is 54.6. The summed E-state index contributed by atoms with van der Waals surface area (Å²) in [7, 11) is 0. The van der Waals surface area contributed by atoms with Crippen molar-refractivity contribution in [3.8, 4) is 0 Å². The van der Waals surface area contributed by atoms with Crippen LogP contribution in [0.5, 0.6) is 0 Å². The van der Waals surface area contributed by atoms with Gasteiger partial charge in [-0.15, -0.1) is 0 Å². The Balaban J connectivity index is 0.000000458. The summed E-state index contributed by atoms with van der Waals surface area (Å²) < 4.78 is 21.4. The largest absolute Gasteiger partial charge is 0 e. The van der Waals surface area contributed by atoms with E-state index in [1.165, 1.54) is 0 Å². The van der Waals surface area contributed by atoms with Gasteiger partial charge in [-0.1, -0.05) is 177 Å². The van der Waals surface area contributed by atoms with Gasteiger partial charge in [-0.3, -0.25) is 53.0 Å². The fourth-order valence-corrected chi connectivity index (χ4v) is 13.3. The Labute approximate surface area is 770 Å². The van der Waals surface area contributed by atoms with Crippen LogP contribution in [-0.4, -0.2) is 194 Å². The second-order valence-corrected chi connectivity index (χ2v) is 83.1. The van der Waals surface area contributed by atoms with Gasteiger partial charge in [0.2, 0.25) is 23.6 Å². The number of carboxylic acid groups (broad SMARTS) is 1. The zero-order valence-corrected chi connectivity index (χ0v) is 85.0. The number of aliphatic carboxylic acids is 1. The molecule has 4 aliphatic rings. The van der Waals surface area contributed by atoms with Gasteiger partial charge < -0.3 is 51.1 Å². The Morgan fingerprint density at radius 3 is 1.06 bits per heavy atom. The fraction of sp³-hybridized carbons (Fsp3) is 0.595. The third-order valence-electron chi connectivity index (χ3n) is 19.7. The number of amides is 4. The van der Waals surface area contributed by atoms with Gasteiger partial charge in [0, 0.05) is 102 Å². The van der Waals surface area contributed by atoms with Crippen LogP contribution in [0.25, 0.3) is 0 Å². The van der Waals surface area contributed by atoms with E-state index in [1.54, 1.807) is 13.8 Å². The standard InChI is InChI=1S/C42H59N3O7.C23H34N2O5.C19H28N2O3.I3.3HI.V.Y/c1-29(2)22-36(43-40(49)33(17-16-31-12-8-6-9-13-31)25-35(46)27-45-18-20-51-21-19-45)38(47)26-34(24-32-14-10-7-11-15-32)41(50)44-37(23-30(3)4)39(48)42(5)28-52-42;1-17(2)14-21(23(28)29)24-22(27)19(9-8-18-6-4-3-5-7-18)15-20(26)16-25-10-12-30-13-11-25;1-13(2)9-16(17(22)19(3)12-24-19)21-18(23)15(11-20)10-14-7-5-4-6-8-14;1-3-2;;;;;/h6-15,29-30,33-34,36-37H,16-28H2,1-5H3,(H,43,49)(H,44,50);3-7,17,19,21H,8-16H2,1-2H3,(H,24,27)(H,28,29);4-8,13,15-16H,9-12,20H2,1-3H3,(H,21,23);;3*1H;;/q;;;-1;;;;+3;/p-3/t33-,34-,36+,37+,42-;19-,21+;15-,16+,19-;;;;;;/m111....../s1. The molecule has 0 spiro atoms. The quantitative estimate of drug-likeness (QED) is 0.0177. The normalized spacial score (nSPS) is 18.6. The average molecular weight is 2370 g/mol. The third kappa shape index (κ3) is 44.4. The number of ketones is 5. The first kappa shape index (κ1) is 107. The molecular formula is C84H121I6N7O15VY-. The minimum absolute atomic E-state index is 0. The minimum atomic E-state index is -1.04. The van der Waals surface area contributed by atoms with E-state index in [4.69, 9.17) is 24.7 Å². The molecule has 0 saturated carbocycles. The molecule has 22 nitrogen and oxygen atoms in total. The van der Waals surface area contributed by atoms with Gasteiger partial charge in [0.15, 0.2) is 17.3 Å². The maximum absolute atomic E-state index is 14.2. The number of hydrogen-bond acceptors (Lipinski definition) is 17. The molecule has 4 aliphatic heterocycles. The number of nitrogens with two attached hydrogens (primary N) is 1. The number of carbonyl (C=O) groups is 10. The van der Waals surface area contributed by atoms with Gasteiger partial charge in [0.25, 0.3) is 0 Å². The second-order valence-electron chi connectivity index (χ2n) is 31.5. The Bertz CT molecular complexity index is 3510. The van der Waals surface area contributed by atoms with Crippen molar-refractivity contribution in [1.29, 1.82) is 0 Å². The van der Waals surface area contributed by atoms with E-state index in [-0.39, 0.29) is 146 Å². The first-order valence-electron chi connectivity index (χ1n) is 39.2. The van der Waals surface area contributed by atoms with Crippen LogP contribution in [0.4, 0.5) is 0 Å². The van der Waals surface area contributed by atoms with Crippen molar-refractivity contribution < 1.29 is 123 Å². The maximum atomic E-state index is 14.2. The van der Waals surface area contributed by atoms with Crippen molar-refractivity contribution in [1.82, 2.24) is 31.1 Å². The maximum Gasteiger partial charge on any atom is 0 e. The molecule has 4 fully saturated rings. The topological polar surface area (TPSA) is 315 Å². The monoisotopic (exact) mass is 2370 g/mol. The molecule has 4 amide bonds. The molecule has 10 atom stereocenters. The van der Waals surface area contributed by atoms with Crippen molar-refractivity contribution >= 4 is 156 Å². The minimum Gasteiger partial charge on any atom is 0 e. The molecule has 0 unspecified atom stereocenters. The number of aryl methyl sites for hydroxylation is 2. The zero-order valence-electron chi connectivity index (χ0n) is 67.8. The van der Waals surface area contributed by atoms with E-state index < -0.39 is 59.1 Å². The number of ether oxygens (including phenoxy) is 4. The third-order valence-corrected chi connectivity index (χ3v) is 19.7. The molecule has 4 saturated heterocycles. The number of carbonyl (C=O) groups excluding carboxylic acids is 9. The number of hydrogen-bond donors (Lipinski definition) is 6. The Morgan fingerprint density at radius 2 is 0.746 bits per heavy atom. The SMILES string of the molecule is CC(C)C[C@H](NC(=O)[C@@H](CN)Cc1ccccc1)C(=O)[C@@]1(C)CO1.CC(C)C[C@H](NC(=O)[C@H](CCc1ccccc1)CC(=O)CN1CCOCC1)C(=O)C[C@@H](Cc1ccccc1)C(=O)N[C@@H](CC(C)C)C(=O)[C@@]1(C)CO1.CC(C)C[C@H](NC(=O)[C@H](CCc1ccccc1)CC(=O)CN1CCOCC1)C(=O)O.I[I-]I.[I][V]([I])[I].[Y]. The van der Waals surface area contributed by atoms with Gasteiger partial charge in [-0.2, -0.15) is 0 Å². The summed E-state index contributed by atoms with van der Waals surface area (Å²) in [5, 5.41) is 21.1. The number of rotatable bonds is 43. The van der Waals surface area contributed by atoms with Crippen molar-refractivity contribution in [2.24, 2.45) is 53.1 Å². The summed E-state index contributed by atoms with van der Waals surface area (Å²) in [5.74, 6) is -4.33. The molecule has 30 heteroatoms. The van der Waals surface area contributed by atoms with Crippen molar-refractivity contribution in [2.45, 2.75) is 188 Å². The number of morpholine rings is 2. The molecule has 0 aliphatic carbocycles. The molecule has 4 heterocycles. The summed E-state index contributed by atoms with van der Waals surface area (Å²) >= 11 is 12.7. The van der Waals surface area contributed by atoms with E-state index in [2.05, 4.69) is 123 Å². The fourth-order valence-electron chi connectivity index (χ4n) is 13.3. The van der Waals surface area contributed by atoms with Gasteiger partial charge in [-0.05, 0) is 124 Å². The van der Waals surface area contributed by atoms with Gasteiger partial charge in [0.05, 0.1) is 76.8 Å². The van der Waals surface area contributed by atoms with Crippen LogP contribution < -0.4 is 40.3 Å². The molecule has 0 aromatic heterocycles. The van der Waals surface area contributed by atoms with Crippen molar-refractivity contribution in [3.63, 3.8) is 0 Å². The van der Waals surface area contributed by atoms with E-state index in [9.17, 15) is 53.1 Å². The Morgan fingerprint density at radius 1 is 0.465 bits per heavy atom. The summed E-state index contributed by atoms with van der Waals surface area (Å²) in [6, 6.07) is 35.9. The van der Waals surface area contributed by atoms with Crippen molar-refractivity contribution in [3.05, 3.63) is 144 Å². The number of nitrogens with one attached hydrogen (secondary N) is 4. The van der Waals surface area contributed by atoms with Crippen molar-refractivity contribution in [2.75, 3.05) is 85.5 Å². The molecule has 633 valence electrons. The van der Waals surface area contributed by atoms with Gasteiger partial charge in [-0.25, -0.2) is 4.79 Å². The van der Waals surface area contributed by atoms with E-state index in [0.29, 0.717) is 156 Å².